The Kier molecular flexibility index (Phi) is 4.41. The Morgan fingerprint density at radius 3 is 2.67 bits per heavy atom. The maximum atomic E-state index is 5.70. The lowest BCUT2D eigenvalue weighted by Crippen LogP contribution is -1.98. The zero-order valence-corrected chi connectivity index (χ0v) is 6.65. The fourth-order valence-electron chi connectivity index (χ4n) is 0.334. The summed E-state index contributed by atoms with van der Waals surface area (Å²) in [5.74, 6) is 0.339. The van der Waals surface area contributed by atoms with Crippen LogP contribution in [0.5, 0.6) is 0 Å². The second-order valence-corrected chi connectivity index (χ2v) is 2.49. The molecule has 52 valence electrons. The van der Waals surface area contributed by atoms with Gasteiger partial charge in [-0.15, -0.1) is 6.58 Å². The van der Waals surface area contributed by atoms with Crippen molar-refractivity contribution in [2.24, 2.45) is 10.9 Å². The Balaban J connectivity index is 3.68. The predicted molar refractivity (Wildman–Crippen MR) is 43.2 cm³/mol. The van der Waals surface area contributed by atoms with Gasteiger partial charge in [0.2, 0.25) is 0 Å². The van der Waals surface area contributed by atoms with Crippen molar-refractivity contribution in [2.45, 2.75) is 13.8 Å². The zero-order valence-electron chi connectivity index (χ0n) is 5.89. The van der Waals surface area contributed by atoms with Crippen LogP contribution >= 0.6 is 11.6 Å². The summed E-state index contributed by atoms with van der Waals surface area (Å²) in [7, 11) is 0. The van der Waals surface area contributed by atoms with Crippen molar-refractivity contribution in [1.82, 2.24) is 0 Å². The standard InChI is InChI=1S/C7H12ClN/c1-4-5-9-7(8)6(2)3/h4,6H,1,5H2,2-3H3. The summed E-state index contributed by atoms with van der Waals surface area (Å²) in [5.41, 5.74) is 0. The van der Waals surface area contributed by atoms with Crippen LogP contribution in [0, 0.1) is 5.92 Å². The van der Waals surface area contributed by atoms with Crippen LogP contribution in [0.2, 0.25) is 0 Å². The molecule has 0 fully saturated rings. The summed E-state index contributed by atoms with van der Waals surface area (Å²) in [6.45, 7) is 8.17. The van der Waals surface area contributed by atoms with Crippen LogP contribution in [0.15, 0.2) is 17.6 Å². The third-order valence-electron chi connectivity index (χ3n) is 0.848. The number of hydrogen-bond acceptors (Lipinski definition) is 1. The van der Waals surface area contributed by atoms with Gasteiger partial charge in [-0.3, -0.25) is 4.99 Å². The van der Waals surface area contributed by atoms with Crippen LogP contribution in [0.4, 0.5) is 0 Å². The lowest BCUT2D eigenvalue weighted by molar-refractivity contribution is 0.892. The van der Waals surface area contributed by atoms with Crippen LogP contribution in [0.1, 0.15) is 13.8 Å². The van der Waals surface area contributed by atoms with Gasteiger partial charge in [0.05, 0.1) is 6.54 Å². The largest absolute Gasteiger partial charge is 0.273 e. The van der Waals surface area contributed by atoms with E-state index in [1.807, 2.05) is 13.8 Å². The fraction of sp³-hybridized carbons (Fsp3) is 0.571. The van der Waals surface area contributed by atoms with Crippen LogP contribution < -0.4 is 0 Å². The molecule has 0 aromatic heterocycles. The Bertz CT molecular complexity index is 116. The van der Waals surface area contributed by atoms with Crippen molar-refractivity contribution in [3.63, 3.8) is 0 Å². The Morgan fingerprint density at radius 2 is 2.33 bits per heavy atom. The van der Waals surface area contributed by atoms with Crippen LogP contribution in [0.25, 0.3) is 0 Å². The molecule has 0 unspecified atom stereocenters. The summed E-state index contributed by atoms with van der Waals surface area (Å²) in [6.07, 6.45) is 1.73. The van der Waals surface area contributed by atoms with Crippen molar-refractivity contribution < 1.29 is 0 Å². The van der Waals surface area contributed by atoms with Crippen LogP contribution in [-0.2, 0) is 0 Å². The first kappa shape index (κ1) is 8.70. The summed E-state index contributed by atoms with van der Waals surface area (Å²) in [4.78, 5) is 4.01. The van der Waals surface area contributed by atoms with E-state index in [-0.39, 0.29) is 0 Å². The summed E-state index contributed by atoms with van der Waals surface area (Å²) in [5, 5.41) is 0.676. The third-order valence-corrected chi connectivity index (χ3v) is 1.40. The van der Waals surface area contributed by atoms with Crippen molar-refractivity contribution in [3.8, 4) is 0 Å². The fourth-order valence-corrected chi connectivity index (χ4v) is 0.403. The highest BCUT2D eigenvalue weighted by molar-refractivity contribution is 6.65. The highest BCUT2D eigenvalue weighted by Gasteiger charge is 1.97. The first-order valence-electron chi connectivity index (χ1n) is 2.99. The molecule has 0 saturated carbocycles. The van der Waals surface area contributed by atoms with Gasteiger partial charge >= 0.3 is 0 Å². The van der Waals surface area contributed by atoms with Gasteiger partial charge in [0.25, 0.3) is 0 Å². The summed E-state index contributed by atoms with van der Waals surface area (Å²) < 4.78 is 0. The zero-order chi connectivity index (χ0) is 7.28. The monoisotopic (exact) mass is 145 g/mol. The lowest BCUT2D eigenvalue weighted by atomic mass is 10.2. The highest BCUT2D eigenvalue weighted by atomic mass is 35.5. The van der Waals surface area contributed by atoms with Gasteiger partial charge in [0.15, 0.2) is 0 Å². The van der Waals surface area contributed by atoms with E-state index in [1.165, 1.54) is 0 Å². The molecule has 9 heavy (non-hydrogen) atoms. The van der Waals surface area contributed by atoms with Gasteiger partial charge in [-0.05, 0) is 0 Å². The number of rotatable bonds is 3. The van der Waals surface area contributed by atoms with E-state index in [1.54, 1.807) is 6.08 Å². The average Bonchev–Trinajstić information content (AvgIpc) is 1.82. The SMILES string of the molecule is C=CCN=C(Cl)C(C)C. The van der Waals surface area contributed by atoms with Crippen molar-refractivity contribution in [3.05, 3.63) is 12.7 Å². The maximum absolute atomic E-state index is 5.70. The van der Waals surface area contributed by atoms with Gasteiger partial charge in [-0.2, -0.15) is 0 Å². The van der Waals surface area contributed by atoms with E-state index in [2.05, 4.69) is 11.6 Å². The van der Waals surface area contributed by atoms with Gasteiger partial charge in [0, 0.05) is 5.92 Å². The highest BCUT2D eigenvalue weighted by Crippen LogP contribution is 2.00. The number of nitrogens with zero attached hydrogens (tertiary/aromatic N) is 1. The van der Waals surface area contributed by atoms with E-state index in [0.717, 1.165) is 0 Å². The number of halogens is 1. The maximum Gasteiger partial charge on any atom is 0.103 e. The van der Waals surface area contributed by atoms with Crippen molar-refractivity contribution >= 4 is 16.8 Å². The Hall–Kier alpha value is -0.300. The molecule has 2 heteroatoms. The van der Waals surface area contributed by atoms with Crippen LogP contribution in [-0.4, -0.2) is 11.7 Å². The molecule has 0 heterocycles. The second kappa shape index (κ2) is 4.57. The van der Waals surface area contributed by atoms with E-state index in [9.17, 15) is 0 Å². The minimum absolute atomic E-state index is 0.339. The lowest BCUT2D eigenvalue weighted by Gasteiger charge is -1.98. The molecule has 0 N–H and O–H groups in total. The van der Waals surface area contributed by atoms with Gasteiger partial charge in [-0.1, -0.05) is 31.5 Å². The molecule has 0 radical (unpaired) electrons. The molecule has 0 bridgehead atoms. The number of hydrogen-bond donors (Lipinski definition) is 0. The van der Waals surface area contributed by atoms with Gasteiger partial charge in [0.1, 0.15) is 5.17 Å². The average molecular weight is 146 g/mol. The smallest absolute Gasteiger partial charge is 0.103 e. The molecule has 0 aliphatic carbocycles. The molecule has 0 saturated heterocycles. The van der Waals surface area contributed by atoms with E-state index in [4.69, 9.17) is 11.6 Å². The summed E-state index contributed by atoms with van der Waals surface area (Å²) >= 11 is 5.70. The second-order valence-electron chi connectivity index (χ2n) is 2.11. The molecule has 0 amide bonds. The molecule has 0 aromatic rings. The first-order chi connectivity index (χ1) is 4.18. The normalized spacial score (nSPS) is 12.2. The van der Waals surface area contributed by atoms with Crippen LogP contribution in [0.3, 0.4) is 0 Å². The molecule has 0 aliphatic heterocycles. The Morgan fingerprint density at radius 1 is 1.78 bits per heavy atom. The summed E-state index contributed by atoms with van der Waals surface area (Å²) in [6, 6.07) is 0. The van der Waals surface area contributed by atoms with E-state index in [0.29, 0.717) is 17.6 Å². The van der Waals surface area contributed by atoms with Gasteiger partial charge in [-0.25, -0.2) is 0 Å². The van der Waals surface area contributed by atoms with E-state index < -0.39 is 0 Å². The quantitative estimate of drug-likeness (QED) is 0.428. The molecule has 0 aliphatic rings. The number of aliphatic imine (C=N–C) groups is 1. The molecule has 0 rings (SSSR count). The van der Waals surface area contributed by atoms with Crippen molar-refractivity contribution in [2.75, 3.05) is 6.54 Å². The molecule has 1 nitrogen and oxygen atoms in total. The van der Waals surface area contributed by atoms with E-state index >= 15 is 0 Å². The third kappa shape index (κ3) is 4.22. The predicted octanol–water partition coefficient (Wildman–Crippen LogP) is 2.47. The van der Waals surface area contributed by atoms with Crippen molar-refractivity contribution in [1.29, 1.82) is 0 Å². The minimum Gasteiger partial charge on any atom is -0.273 e. The first-order valence-corrected chi connectivity index (χ1v) is 3.37. The van der Waals surface area contributed by atoms with Gasteiger partial charge < -0.3 is 0 Å². The molecule has 0 aromatic carbocycles. The minimum atomic E-state index is 0.339. The molecular weight excluding hydrogens is 134 g/mol. The molecule has 0 spiro atoms. The Labute approximate surface area is 61.4 Å². The topological polar surface area (TPSA) is 12.4 Å². The molecule has 0 atom stereocenters. The molecular formula is C7H12ClN.